The van der Waals surface area contributed by atoms with Crippen molar-refractivity contribution in [2.24, 2.45) is 29.6 Å². The van der Waals surface area contributed by atoms with Crippen LogP contribution in [0.2, 0.25) is 0 Å². The second-order valence-corrected chi connectivity index (χ2v) is 6.04. The fourth-order valence-electron chi connectivity index (χ4n) is 4.24. The molecule has 5 unspecified atom stereocenters. The van der Waals surface area contributed by atoms with E-state index in [1.165, 1.54) is 38.5 Å². The highest BCUT2D eigenvalue weighted by Crippen LogP contribution is 2.63. The molecule has 0 heteroatoms. The Morgan fingerprint density at radius 3 is 2.33 bits per heavy atom. The maximum Gasteiger partial charge on any atom is -0.0323 e. The van der Waals surface area contributed by atoms with Crippen molar-refractivity contribution >= 4 is 0 Å². The highest BCUT2D eigenvalue weighted by molar-refractivity contribution is 5.05. The molecule has 0 aromatic rings. The SMILES string of the molecule is CCCCC1CC2C(C)C(CCCC)C12. The molecule has 0 saturated heterocycles. The van der Waals surface area contributed by atoms with E-state index in [0.717, 1.165) is 29.6 Å². The summed E-state index contributed by atoms with van der Waals surface area (Å²) in [6, 6.07) is 0. The van der Waals surface area contributed by atoms with Gasteiger partial charge in [-0.3, -0.25) is 0 Å². The molecule has 0 amide bonds. The average Bonchev–Trinajstić information content (AvgIpc) is 2.22. The molecule has 5 atom stereocenters. The summed E-state index contributed by atoms with van der Waals surface area (Å²) in [7, 11) is 0. The minimum Gasteiger partial charge on any atom is -0.0654 e. The topological polar surface area (TPSA) is 0 Å². The van der Waals surface area contributed by atoms with E-state index in [0.29, 0.717) is 0 Å². The fourth-order valence-corrected chi connectivity index (χ4v) is 4.24. The molecule has 0 aliphatic heterocycles. The zero-order valence-electron chi connectivity index (χ0n) is 10.8. The molecule has 0 spiro atoms. The van der Waals surface area contributed by atoms with Crippen LogP contribution in [0.25, 0.3) is 0 Å². The molecular weight excluding hydrogens is 180 g/mol. The standard InChI is InChI=1S/C15H28/c1-4-6-8-12-10-14-11(3)13(15(12)14)9-7-5-2/h11-15H,4-10H2,1-3H3. The molecule has 2 rings (SSSR count). The number of fused-ring (bicyclic) bond motifs is 1. The van der Waals surface area contributed by atoms with E-state index < -0.39 is 0 Å². The monoisotopic (exact) mass is 208 g/mol. The van der Waals surface area contributed by atoms with Crippen molar-refractivity contribution in [1.82, 2.24) is 0 Å². The van der Waals surface area contributed by atoms with Gasteiger partial charge < -0.3 is 0 Å². The maximum atomic E-state index is 2.51. The van der Waals surface area contributed by atoms with Gasteiger partial charge in [0.25, 0.3) is 0 Å². The third-order valence-corrected chi connectivity index (χ3v) is 5.28. The van der Waals surface area contributed by atoms with E-state index >= 15 is 0 Å². The summed E-state index contributed by atoms with van der Waals surface area (Å²) in [5, 5.41) is 0. The van der Waals surface area contributed by atoms with Gasteiger partial charge >= 0.3 is 0 Å². The van der Waals surface area contributed by atoms with E-state index in [1.807, 2.05) is 0 Å². The summed E-state index contributed by atoms with van der Waals surface area (Å²) in [5.41, 5.74) is 0. The molecular formula is C15H28. The van der Waals surface area contributed by atoms with Gasteiger partial charge in [-0.2, -0.15) is 0 Å². The zero-order chi connectivity index (χ0) is 10.8. The summed E-state index contributed by atoms with van der Waals surface area (Å²) < 4.78 is 0. The van der Waals surface area contributed by atoms with Gasteiger partial charge in [0.15, 0.2) is 0 Å². The molecule has 2 fully saturated rings. The predicted octanol–water partition coefficient (Wildman–Crippen LogP) is 4.89. The third kappa shape index (κ3) is 1.97. The summed E-state index contributed by atoms with van der Waals surface area (Å²) >= 11 is 0. The Hall–Kier alpha value is 0. The summed E-state index contributed by atoms with van der Waals surface area (Å²) in [5.74, 6) is 5.63. The van der Waals surface area contributed by atoms with Crippen LogP contribution in [0.1, 0.15) is 65.7 Å². The zero-order valence-corrected chi connectivity index (χ0v) is 10.8. The lowest BCUT2D eigenvalue weighted by atomic mass is 9.41. The van der Waals surface area contributed by atoms with Gasteiger partial charge in [0.05, 0.1) is 0 Å². The fraction of sp³-hybridized carbons (Fsp3) is 1.00. The van der Waals surface area contributed by atoms with E-state index in [-0.39, 0.29) is 0 Å². The lowest BCUT2D eigenvalue weighted by molar-refractivity contribution is -0.150. The van der Waals surface area contributed by atoms with Crippen molar-refractivity contribution in [1.29, 1.82) is 0 Å². The van der Waals surface area contributed by atoms with Gasteiger partial charge in [-0.25, -0.2) is 0 Å². The molecule has 0 aromatic heterocycles. The first kappa shape index (κ1) is 11.5. The Morgan fingerprint density at radius 2 is 1.67 bits per heavy atom. The number of hydrogen-bond donors (Lipinski definition) is 0. The molecule has 0 radical (unpaired) electrons. The van der Waals surface area contributed by atoms with E-state index in [1.54, 1.807) is 6.42 Å². The quantitative estimate of drug-likeness (QED) is 0.583. The molecule has 88 valence electrons. The summed E-state index contributed by atoms with van der Waals surface area (Å²) in [4.78, 5) is 0. The molecule has 0 bridgehead atoms. The molecule has 0 nitrogen and oxygen atoms in total. The number of hydrogen-bond acceptors (Lipinski definition) is 0. The van der Waals surface area contributed by atoms with Gasteiger partial charge in [-0.05, 0) is 42.4 Å². The highest BCUT2D eigenvalue weighted by Gasteiger charge is 2.57. The van der Waals surface area contributed by atoms with Crippen molar-refractivity contribution in [2.75, 3.05) is 0 Å². The Balaban J connectivity index is 1.76. The first-order chi connectivity index (χ1) is 7.29. The second-order valence-electron chi connectivity index (χ2n) is 6.04. The second kappa shape index (κ2) is 4.89. The largest absolute Gasteiger partial charge is 0.0654 e. The molecule has 2 aliphatic carbocycles. The Labute approximate surface area is 95.8 Å². The predicted molar refractivity (Wildman–Crippen MR) is 66.8 cm³/mol. The van der Waals surface area contributed by atoms with Gasteiger partial charge in [0, 0.05) is 0 Å². The lowest BCUT2D eigenvalue weighted by Gasteiger charge is -2.63. The van der Waals surface area contributed by atoms with Crippen molar-refractivity contribution < 1.29 is 0 Å². The molecule has 0 aromatic carbocycles. The van der Waals surface area contributed by atoms with Crippen LogP contribution in [0, 0.1) is 29.6 Å². The van der Waals surface area contributed by atoms with Crippen LogP contribution >= 0.6 is 0 Å². The van der Waals surface area contributed by atoms with Crippen molar-refractivity contribution in [2.45, 2.75) is 65.7 Å². The first-order valence-electron chi connectivity index (χ1n) is 7.29. The van der Waals surface area contributed by atoms with Crippen molar-refractivity contribution in [3.05, 3.63) is 0 Å². The van der Waals surface area contributed by atoms with Gasteiger partial charge in [-0.1, -0.05) is 52.9 Å². The van der Waals surface area contributed by atoms with Crippen LogP contribution in [-0.4, -0.2) is 0 Å². The van der Waals surface area contributed by atoms with Gasteiger partial charge in [0.1, 0.15) is 0 Å². The lowest BCUT2D eigenvalue weighted by Crippen LogP contribution is -2.57. The van der Waals surface area contributed by atoms with Crippen LogP contribution in [0.15, 0.2) is 0 Å². The highest BCUT2D eigenvalue weighted by atomic mass is 14.6. The Bertz CT molecular complexity index is 194. The van der Waals surface area contributed by atoms with Gasteiger partial charge in [0.2, 0.25) is 0 Å². The van der Waals surface area contributed by atoms with Crippen LogP contribution in [-0.2, 0) is 0 Å². The summed E-state index contributed by atoms with van der Waals surface area (Å²) in [6.45, 7) is 7.17. The Morgan fingerprint density at radius 1 is 1.00 bits per heavy atom. The van der Waals surface area contributed by atoms with Crippen LogP contribution in [0.3, 0.4) is 0 Å². The van der Waals surface area contributed by atoms with E-state index in [9.17, 15) is 0 Å². The average molecular weight is 208 g/mol. The number of rotatable bonds is 6. The minimum atomic E-state index is 1.07. The number of unbranched alkanes of at least 4 members (excludes halogenated alkanes) is 2. The summed E-state index contributed by atoms with van der Waals surface area (Å²) in [6.07, 6.45) is 10.4. The molecule has 2 saturated carbocycles. The smallest absolute Gasteiger partial charge is 0.0323 e. The van der Waals surface area contributed by atoms with E-state index in [2.05, 4.69) is 20.8 Å². The van der Waals surface area contributed by atoms with Crippen LogP contribution < -0.4 is 0 Å². The molecule has 0 N–H and O–H groups in total. The van der Waals surface area contributed by atoms with Crippen molar-refractivity contribution in [3.63, 3.8) is 0 Å². The Kier molecular flexibility index (Phi) is 3.74. The van der Waals surface area contributed by atoms with Crippen LogP contribution in [0.4, 0.5) is 0 Å². The first-order valence-corrected chi connectivity index (χ1v) is 7.29. The molecule has 15 heavy (non-hydrogen) atoms. The maximum absolute atomic E-state index is 2.51. The van der Waals surface area contributed by atoms with Crippen molar-refractivity contribution in [3.8, 4) is 0 Å². The molecule has 2 aliphatic rings. The minimum absolute atomic E-state index is 1.07. The van der Waals surface area contributed by atoms with E-state index in [4.69, 9.17) is 0 Å². The van der Waals surface area contributed by atoms with Gasteiger partial charge in [-0.15, -0.1) is 0 Å². The third-order valence-electron chi connectivity index (χ3n) is 5.28. The normalized spacial score (nSPS) is 43.0. The van der Waals surface area contributed by atoms with Crippen LogP contribution in [0.5, 0.6) is 0 Å². The molecule has 0 heterocycles.